The third-order valence-electron chi connectivity index (χ3n) is 5.65. The highest BCUT2D eigenvalue weighted by Crippen LogP contribution is 2.39. The van der Waals surface area contributed by atoms with Gasteiger partial charge in [0.05, 0.1) is 35.7 Å². The Bertz CT molecular complexity index is 1240. The first kappa shape index (κ1) is 27.5. The number of carboxylic acids is 1. The van der Waals surface area contributed by atoms with Gasteiger partial charge in [0.25, 0.3) is 10.0 Å². The number of nitrogens with zero attached hydrogens (tertiary/aromatic N) is 2. The Morgan fingerprint density at radius 1 is 1.06 bits per heavy atom. The molecule has 2 aromatic rings. The van der Waals surface area contributed by atoms with Crippen LogP contribution in [0.2, 0.25) is 5.02 Å². The number of fused-ring (bicyclic) bond motifs is 1. The lowest BCUT2D eigenvalue weighted by Gasteiger charge is -2.30. The van der Waals surface area contributed by atoms with Crippen LogP contribution in [0.4, 0.5) is 11.4 Å². The second-order valence-corrected chi connectivity index (χ2v) is 10.4. The number of aromatic carboxylic acids is 1. The van der Waals surface area contributed by atoms with Crippen molar-refractivity contribution in [3.8, 4) is 5.75 Å². The van der Waals surface area contributed by atoms with Crippen LogP contribution in [0.1, 0.15) is 62.2 Å². The third kappa shape index (κ3) is 6.36. The molecule has 0 bridgehead atoms. The van der Waals surface area contributed by atoms with Gasteiger partial charge in [-0.25, -0.2) is 22.5 Å². The molecule has 0 atom stereocenters. The van der Waals surface area contributed by atoms with E-state index in [1.165, 1.54) is 31.7 Å². The van der Waals surface area contributed by atoms with Gasteiger partial charge in [-0.3, -0.25) is 4.79 Å². The number of anilines is 1. The largest absolute Gasteiger partial charge is 0.497 e. The fraction of sp³-hybridized carbons (Fsp3) is 0.400. The number of sulfonamides is 1. The molecule has 194 valence electrons. The van der Waals surface area contributed by atoms with Crippen molar-refractivity contribution in [2.24, 2.45) is 4.99 Å². The number of carbonyl (C=O) groups excluding carboxylic acids is 1. The van der Waals surface area contributed by atoms with Gasteiger partial charge in [-0.2, -0.15) is 0 Å². The molecule has 1 N–H and O–H groups in total. The first-order valence-corrected chi connectivity index (χ1v) is 13.5. The van der Waals surface area contributed by atoms with Gasteiger partial charge in [0.2, 0.25) is 0 Å². The predicted molar refractivity (Wildman–Crippen MR) is 137 cm³/mol. The van der Waals surface area contributed by atoms with E-state index in [1.807, 2.05) is 0 Å². The number of hydrogen-bond donors (Lipinski definition) is 1. The summed E-state index contributed by atoms with van der Waals surface area (Å²) >= 11 is 6.06. The molecule has 3 rings (SSSR count). The molecule has 0 radical (unpaired) electrons. The minimum Gasteiger partial charge on any atom is -0.497 e. The number of rotatable bonds is 12. The van der Waals surface area contributed by atoms with Gasteiger partial charge in [-0.05, 0) is 42.8 Å². The summed E-state index contributed by atoms with van der Waals surface area (Å²) in [5.74, 6) is -1.57. The Hall–Kier alpha value is -3.11. The van der Waals surface area contributed by atoms with E-state index in [-0.39, 0.29) is 39.3 Å². The van der Waals surface area contributed by atoms with Crippen LogP contribution in [0.25, 0.3) is 0 Å². The highest BCUT2D eigenvalue weighted by Gasteiger charge is 2.37. The maximum Gasteiger partial charge on any atom is 0.337 e. The van der Waals surface area contributed by atoms with E-state index >= 15 is 0 Å². The third-order valence-corrected chi connectivity index (χ3v) is 7.75. The number of esters is 1. The molecule has 0 spiro atoms. The maximum absolute atomic E-state index is 13.6. The molecule has 0 saturated carbocycles. The van der Waals surface area contributed by atoms with Gasteiger partial charge in [0, 0.05) is 0 Å². The number of hydrogen-bond acceptors (Lipinski definition) is 7. The highest BCUT2D eigenvalue weighted by atomic mass is 35.5. The van der Waals surface area contributed by atoms with E-state index in [0.29, 0.717) is 5.75 Å². The molecule has 1 heterocycles. The van der Waals surface area contributed by atoms with Gasteiger partial charge >= 0.3 is 11.9 Å². The Labute approximate surface area is 215 Å². The Kier molecular flexibility index (Phi) is 9.33. The van der Waals surface area contributed by atoms with E-state index in [1.54, 1.807) is 12.1 Å². The molecule has 0 aromatic heterocycles. The maximum atomic E-state index is 13.6. The fourth-order valence-electron chi connectivity index (χ4n) is 3.79. The average molecular weight is 537 g/mol. The number of aliphatic imine (C=N–C) groups is 1. The SMILES string of the molecule is CCCCCCCCOC(=O)CC1=Nc2cc(Cl)c(C(=O)O)cc2S(=O)(=O)N1c1ccc(OC)cc1. The van der Waals surface area contributed by atoms with Crippen molar-refractivity contribution in [3.63, 3.8) is 0 Å². The summed E-state index contributed by atoms with van der Waals surface area (Å²) in [6.07, 6.45) is 5.79. The zero-order chi connectivity index (χ0) is 26.3. The van der Waals surface area contributed by atoms with E-state index in [4.69, 9.17) is 21.1 Å². The molecule has 11 heteroatoms. The first-order valence-electron chi connectivity index (χ1n) is 11.7. The summed E-state index contributed by atoms with van der Waals surface area (Å²) in [7, 11) is -2.85. The molecule has 0 aliphatic carbocycles. The van der Waals surface area contributed by atoms with Crippen molar-refractivity contribution in [2.45, 2.75) is 56.8 Å². The number of carbonyl (C=O) groups is 2. The van der Waals surface area contributed by atoms with Gasteiger partial charge in [-0.15, -0.1) is 0 Å². The summed E-state index contributed by atoms with van der Waals surface area (Å²) < 4.78 is 38.7. The second kappa shape index (κ2) is 12.2. The van der Waals surface area contributed by atoms with Gasteiger partial charge in [0.1, 0.15) is 22.9 Å². The normalized spacial score (nSPS) is 14.1. The summed E-state index contributed by atoms with van der Waals surface area (Å²) in [4.78, 5) is 28.2. The molecule has 0 amide bonds. The monoisotopic (exact) mass is 536 g/mol. The van der Waals surface area contributed by atoms with Crippen molar-refractivity contribution in [1.82, 2.24) is 0 Å². The second-order valence-electron chi connectivity index (χ2n) is 8.27. The molecular formula is C25H29ClN2O7S. The van der Waals surface area contributed by atoms with Crippen molar-refractivity contribution in [1.29, 1.82) is 0 Å². The van der Waals surface area contributed by atoms with Crippen LogP contribution in [0, 0.1) is 0 Å². The molecule has 1 aliphatic rings. The van der Waals surface area contributed by atoms with Crippen LogP contribution < -0.4 is 9.04 Å². The molecule has 0 saturated heterocycles. The fourth-order valence-corrected chi connectivity index (χ4v) is 5.64. The standard InChI is InChI=1S/C25H29ClN2O7S/c1-3-4-5-6-7-8-13-35-24(29)16-23-27-21-15-20(26)19(25(30)31)14-22(21)36(32,33)28(23)17-9-11-18(34-2)12-10-17/h9-12,14-15H,3-8,13,16H2,1-2H3,(H,30,31). The summed E-state index contributed by atoms with van der Waals surface area (Å²) in [6.45, 7) is 2.38. The van der Waals surface area contributed by atoms with Crippen LogP contribution in [0.5, 0.6) is 5.75 Å². The van der Waals surface area contributed by atoms with Crippen LogP contribution >= 0.6 is 11.6 Å². The molecule has 0 fully saturated rings. The number of halogens is 1. The topological polar surface area (TPSA) is 123 Å². The lowest BCUT2D eigenvalue weighted by atomic mass is 10.1. The lowest BCUT2D eigenvalue weighted by Crippen LogP contribution is -2.40. The van der Waals surface area contributed by atoms with E-state index in [9.17, 15) is 23.1 Å². The van der Waals surface area contributed by atoms with Crippen LogP contribution in [-0.2, 0) is 19.6 Å². The van der Waals surface area contributed by atoms with E-state index in [2.05, 4.69) is 11.9 Å². The van der Waals surface area contributed by atoms with Crippen molar-refractivity contribution in [2.75, 3.05) is 18.0 Å². The number of benzene rings is 2. The first-order chi connectivity index (χ1) is 17.2. The van der Waals surface area contributed by atoms with Crippen molar-refractivity contribution < 1.29 is 32.6 Å². The van der Waals surface area contributed by atoms with Gasteiger partial charge < -0.3 is 14.6 Å². The zero-order valence-corrected chi connectivity index (χ0v) is 21.8. The van der Waals surface area contributed by atoms with Gasteiger partial charge in [-0.1, -0.05) is 50.6 Å². The quantitative estimate of drug-likeness (QED) is 0.277. The highest BCUT2D eigenvalue weighted by molar-refractivity contribution is 7.93. The number of unbranched alkanes of at least 4 members (excludes halogenated alkanes) is 5. The molecule has 2 aromatic carbocycles. The van der Waals surface area contributed by atoms with Crippen LogP contribution in [-0.4, -0.2) is 45.0 Å². The lowest BCUT2D eigenvalue weighted by molar-refractivity contribution is -0.142. The molecular weight excluding hydrogens is 508 g/mol. The number of ether oxygens (including phenoxy) is 2. The predicted octanol–water partition coefficient (Wildman–Crippen LogP) is 5.58. The minimum atomic E-state index is -4.33. The smallest absolute Gasteiger partial charge is 0.337 e. The molecule has 1 aliphatic heterocycles. The van der Waals surface area contributed by atoms with E-state index < -0.39 is 28.4 Å². The summed E-state index contributed by atoms with van der Waals surface area (Å²) in [6, 6.07) is 8.30. The molecule has 36 heavy (non-hydrogen) atoms. The summed E-state index contributed by atoms with van der Waals surface area (Å²) in [5.41, 5.74) is -0.213. The molecule has 9 nitrogen and oxygen atoms in total. The number of methoxy groups -OCH3 is 1. The Morgan fingerprint density at radius 2 is 1.72 bits per heavy atom. The number of amidine groups is 1. The van der Waals surface area contributed by atoms with Crippen LogP contribution in [0.15, 0.2) is 46.3 Å². The summed E-state index contributed by atoms with van der Waals surface area (Å²) in [5, 5.41) is 9.24. The average Bonchev–Trinajstić information content (AvgIpc) is 2.83. The number of carboxylic acid groups (broad SMARTS) is 1. The van der Waals surface area contributed by atoms with Crippen molar-refractivity contribution in [3.05, 3.63) is 47.0 Å². The minimum absolute atomic E-state index is 0.0477. The zero-order valence-electron chi connectivity index (χ0n) is 20.2. The Balaban J connectivity index is 1.90. The van der Waals surface area contributed by atoms with Gasteiger partial charge in [0.15, 0.2) is 0 Å². The Morgan fingerprint density at radius 3 is 2.36 bits per heavy atom. The molecule has 0 unspecified atom stereocenters. The van der Waals surface area contributed by atoms with E-state index in [0.717, 1.165) is 42.5 Å². The van der Waals surface area contributed by atoms with Crippen molar-refractivity contribution >= 4 is 50.8 Å². The van der Waals surface area contributed by atoms with Crippen LogP contribution in [0.3, 0.4) is 0 Å².